The van der Waals surface area contributed by atoms with Gasteiger partial charge in [0.25, 0.3) is 0 Å². The van der Waals surface area contributed by atoms with Crippen molar-refractivity contribution in [1.29, 1.82) is 0 Å². The molecule has 2 aromatic rings. The minimum absolute atomic E-state index is 0.110. The maximum atomic E-state index is 10.7. The first-order valence-corrected chi connectivity index (χ1v) is 15.1. The van der Waals surface area contributed by atoms with Crippen LogP contribution in [0.3, 0.4) is 0 Å². The first-order chi connectivity index (χ1) is 9.56. The normalized spacial score (nSPS) is 10.2. The van der Waals surface area contributed by atoms with Gasteiger partial charge in [-0.05, 0) is 0 Å². The van der Waals surface area contributed by atoms with E-state index in [9.17, 15) is 20.2 Å². The van der Waals surface area contributed by atoms with Crippen LogP contribution in [0.5, 0.6) is 0 Å². The van der Waals surface area contributed by atoms with Gasteiger partial charge in [0, 0.05) is 0 Å². The summed E-state index contributed by atoms with van der Waals surface area (Å²) < 4.78 is 2.05. The Hall–Kier alpha value is -1.18. The first kappa shape index (κ1) is 15.2. The Balaban J connectivity index is 2.08. The molecule has 0 N–H and O–H groups in total. The number of hydrogen-bond acceptors (Lipinski definition) is 4. The summed E-state index contributed by atoms with van der Waals surface area (Å²) in [7, 11) is 0. The molecule has 6 nitrogen and oxygen atoms in total. The van der Waals surface area contributed by atoms with Crippen LogP contribution < -0.4 is 7.22 Å². The van der Waals surface area contributed by atoms with Crippen molar-refractivity contribution < 1.29 is 9.85 Å². The standard InChI is InChI=1S/C12H8N2O4Te2/c15-13(16)9-3-1-5-11(7-9)19-20-12-6-2-4-10(8-12)14(17)18/h1-8H. The Labute approximate surface area is 130 Å². The second kappa shape index (κ2) is 7.01. The average molecular weight is 499 g/mol. The second-order valence-electron chi connectivity index (χ2n) is 3.68. The van der Waals surface area contributed by atoms with Crippen molar-refractivity contribution in [2.45, 2.75) is 0 Å². The van der Waals surface area contributed by atoms with Gasteiger partial charge in [-0.2, -0.15) is 0 Å². The molecule has 0 aliphatic rings. The van der Waals surface area contributed by atoms with Gasteiger partial charge in [-0.1, -0.05) is 0 Å². The fourth-order valence-electron chi connectivity index (χ4n) is 1.39. The summed E-state index contributed by atoms with van der Waals surface area (Å²) in [6.07, 6.45) is 0. The molecule has 0 fully saturated rings. The van der Waals surface area contributed by atoms with Gasteiger partial charge in [-0.25, -0.2) is 0 Å². The maximum absolute atomic E-state index is 10.7. The van der Waals surface area contributed by atoms with Crippen molar-refractivity contribution in [3.05, 3.63) is 68.8 Å². The zero-order valence-corrected chi connectivity index (χ0v) is 14.6. The number of benzene rings is 2. The average Bonchev–Trinajstić information content (AvgIpc) is 2.45. The van der Waals surface area contributed by atoms with Crippen LogP contribution in [0.1, 0.15) is 0 Å². The van der Waals surface area contributed by atoms with E-state index >= 15 is 0 Å². The van der Waals surface area contributed by atoms with E-state index in [2.05, 4.69) is 0 Å². The molecule has 0 atom stereocenters. The Morgan fingerprint density at radius 1 is 0.750 bits per heavy atom. The van der Waals surface area contributed by atoms with Gasteiger partial charge in [0.05, 0.1) is 0 Å². The van der Waals surface area contributed by atoms with Crippen molar-refractivity contribution in [2.24, 2.45) is 0 Å². The molecule has 0 amide bonds. The molecule has 0 aromatic heterocycles. The van der Waals surface area contributed by atoms with Crippen LogP contribution >= 0.6 is 0 Å². The summed E-state index contributed by atoms with van der Waals surface area (Å²) in [6.45, 7) is 0. The van der Waals surface area contributed by atoms with Crippen molar-refractivity contribution in [3.8, 4) is 0 Å². The van der Waals surface area contributed by atoms with Crippen molar-refractivity contribution >= 4 is 52.7 Å². The number of non-ortho nitro benzene ring substituents is 2. The molecule has 0 aliphatic heterocycles. The van der Waals surface area contributed by atoms with Crippen molar-refractivity contribution in [3.63, 3.8) is 0 Å². The van der Waals surface area contributed by atoms with Crippen molar-refractivity contribution in [2.75, 3.05) is 0 Å². The van der Waals surface area contributed by atoms with Gasteiger partial charge in [0.15, 0.2) is 0 Å². The Bertz CT molecular complexity index is 606. The molecule has 20 heavy (non-hydrogen) atoms. The van der Waals surface area contributed by atoms with Crippen LogP contribution in [-0.4, -0.2) is 44.0 Å². The molecular weight excluding hydrogens is 491 g/mol. The zero-order valence-electron chi connectivity index (χ0n) is 9.96. The predicted octanol–water partition coefficient (Wildman–Crippen LogP) is 0.777. The summed E-state index contributed by atoms with van der Waals surface area (Å²) in [6, 6.07) is 13.4. The van der Waals surface area contributed by atoms with Gasteiger partial charge in [0.2, 0.25) is 0 Å². The van der Waals surface area contributed by atoms with E-state index in [4.69, 9.17) is 0 Å². The third kappa shape index (κ3) is 4.16. The molecule has 2 aromatic carbocycles. The number of hydrogen-bond donors (Lipinski definition) is 0. The van der Waals surface area contributed by atoms with E-state index in [1.807, 2.05) is 12.1 Å². The molecule has 0 heterocycles. The molecular formula is C12H8N2O4Te2. The Morgan fingerprint density at radius 3 is 1.50 bits per heavy atom. The molecule has 8 heteroatoms. The molecule has 0 spiro atoms. The molecule has 0 saturated heterocycles. The fraction of sp³-hybridized carbons (Fsp3) is 0. The number of rotatable bonds is 5. The number of nitrogens with zero attached hydrogens (tertiary/aromatic N) is 2. The van der Waals surface area contributed by atoms with E-state index < -0.39 is 44.0 Å². The summed E-state index contributed by atoms with van der Waals surface area (Å²) in [5, 5.41) is 21.4. The van der Waals surface area contributed by atoms with E-state index in [0.29, 0.717) is 0 Å². The molecule has 0 unspecified atom stereocenters. The quantitative estimate of drug-likeness (QED) is 0.346. The molecule has 0 saturated carbocycles. The van der Waals surface area contributed by atoms with E-state index in [1.54, 1.807) is 24.3 Å². The first-order valence-electron chi connectivity index (χ1n) is 5.40. The van der Waals surface area contributed by atoms with E-state index in [0.717, 1.165) is 7.22 Å². The topological polar surface area (TPSA) is 86.3 Å². The Morgan fingerprint density at radius 2 is 1.15 bits per heavy atom. The van der Waals surface area contributed by atoms with Crippen molar-refractivity contribution in [1.82, 2.24) is 0 Å². The van der Waals surface area contributed by atoms with Crippen LogP contribution in [0, 0.1) is 20.2 Å². The second-order valence-corrected chi connectivity index (χ2v) is 13.7. The van der Waals surface area contributed by atoms with Gasteiger partial charge in [0.1, 0.15) is 0 Å². The monoisotopic (exact) mass is 504 g/mol. The van der Waals surface area contributed by atoms with Crippen LogP contribution in [0.4, 0.5) is 11.4 Å². The molecule has 0 aliphatic carbocycles. The van der Waals surface area contributed by atoms with E-state index in [1.165, 1.54) is 12.1 Å². The third-order valence-corrected chi connectivity index (χ3v) is 14.0. The molecule has 0 radical (unpaired) electrons. The number of nitro benzene ring substituents is 2. The third-order valence-electron chi connectivity index (χ3n) is 2.29. The number of nitro groups is 2. The van der Waals surface area contributed by atoms with Gasteiger partial charge in [-0.15, -0.1) is 0 Å². The van der Waals surface area contributed by atoms with Crippen LogP contribution in [0.2, 0.25) is 0 Å². The van der Waals surface area contributed by atoms with Crippen LogP contribution in [0.25, 0.3) is 0 Å². The van der Waals surface area contributed by atoms with Gasteiger partial charge < -0.3 is 0 Å². The van der Waals surface area contributed by atoms with Gasteiger partial charge >= 0.3 is 131 Å². The molecule has 2 rings (SSSR count). The molecule has 102 valence electrons. The minimum atomic E-state index is -0.515. The zero-order chi connectivity index (χ0) is 14.5. The summed E-state index contributed by atoms with van der Waals surface area (Å²) >= 11 is -1.03. The Kier molecular flexibility index (Phi) is 5.33. The van der Waals surface area contributed by atoms with Crippen LogP contribution in [-0.2, 0) is 0 Å². The predicted molar refractivity (Wildman–Crippen MR) is 77.0 cm³/mol. The summed E-state index contributed by atoms with van der Waals surface area (Å²) in [5.41, 5.74) is 0.221. The fourth-order valence-corrected chi connectivity index (χ4v) is 11.3. The molecule has 0 bridgehead atoms. The van der Waals surface area contributed by atoms with Gasteiger partial charge in [-0.3, -0.25) is 0 Å². The SMILES string of the molecule is O=[N+]([O-])c1cccc([Te][Te]c2cccc([N+](=O)[O-])c2)c1. The summed E-state index contributed by atoms with van der Waals surface area (Å²) in [5.74, 6) is 0. The van der Waals surface area contributed by atoms with E-state index in [-0.39, 0.29) is 11.4 Å². The van der Waals surface area contributed by atoms with Crippen LogP contribution in [0.15, 0.2) is 48.5 Å². The summed E-state index contributed by atoms with van der Waals surface area (Å²) in [4.78, 5) is 20.6.